The van der Waals surface area contributed by atoms with E-state index in [9.17, 15) is 0 Å². The Morgan fingerprint density at radius 2 is 1.04 bits per heavy atom. The summed E-state index contributed by atoms with van der Waals surface area (Å²) in [7, 11) is 0. The van der Waals surface area contributed by atoms with Gasteiger partial charge >= 0.3 is 0 Å². The molecule has 0 bridgehead atoms. The van der Waals surface area contributed by atoms with Crippen molar-refractivity contribution in [2.75, 3.05) is 0 Å². The topological polar surface area (TPSA) is 0 Å². The van der Waals surface area contributed by atoms with Gasteiger partial charge in [-0.25, -0.2) is 0 Å². The van der Waals surface area contributed by atoms with E-state index in [2.05, 4.69) is 6.92 Å². The largest absolute Gasteiger partial charge is 0.0654 e. The Hall–Kier alpha value is 0. The van der Waals surface area contributed by atoms with Crippen molar-refractivity contribution < 1.29 is 0 Å². The highest BCUT2D eigenvalue weighted by Gasteiger charge is 2.34. The van der Waals surface area contributed by atoms with Crippen LogP contribution < -0.4 is 0 Å². The average Bonchev–Trinajstić information content (AvgIpc) is 2.65. The minimum Gasteiger partial charge on any atom is -0.0654 e. The quantitative estimate of drug-likeness (QED) is 0.274. The van der Waals surface area contributed by atoms with Crippen LogP contribution in [-0.4, -0.2) is 0 Å². The van der Waals surface area contributed by atoms with Crippen molar-refractivity contribution in [3.8, 4) is 0 Å². The summed E-state index contributed by atoms with van der Waals surface area (Å²) >= 11 is 0. The molecule has 0 spiro atoms. The van der Waals surface area contributed by atoms with Crippen molar-refractivity contribution in [1.82, 2.24) is 0 Å². The lowest BCUT2D eigenvalue weighted by Gasteiger charge is -2.41. The van der Waals surface area contributed by atoms with Crippen LogP contribution in [0.15, 0.2) is 0 Å². The molecule has 0 aromatic rings. The average molecular weight is 349 g/mol. The highest BCUT2D eigenvalue weighted by atomic mass is 14.4. The minimum absolute atomic E-state index is 1.12. The van der Waals surface area contributed by atoms with Crippen LogP contribution in [-0.2, 0) is 0 Å². The summed E-state index contributed by atoms with van der Waals surface area (Å²) in [6, 6.07) is 0. The molecule has 0 amide bonds. The van der Waals surface area contributed by atoms with Gasteiger partial charge in [0.05, 0.1) is 0 Å². The van der Waals surface area contributed by atoms with Crippen molar-refractivity contribution in [3.63, 3.8) is 0 Å². The second kappa shape index (κ2) is 14.1. The lowest BCUT2D eigenvalue weighted by Crippen LogP contribution is -2.30. The SMILES string of the molecule is CCCCCCCCCCCCCCC[C@H]1CCC[C@H]2CCCC[C@@H]21. The number of hydrogen-bond donors (Lipinski definition) is 0. The van der Waals surface area contributed by atoms with E-state index in [0.717, 1.165) is 17.8 Å². The molecule has 0 heterocycles. The standard InChI is InChI=1S/C25H48/c1-2-3-4-5-6-7-8-9-10-11-12-13-14-18-23-20-17-21-24-19-15-16-22-25(23)24/h23-25H,2-22H2,1H3/t23-,24+,25+/m0/s1. The van der Waals surface area contributed by atoms with Gasteiger partial charge in [0.2, 0.25) is 0 Å². The highest BCUT2D eigenvalue weighted by Crippen LogP contribution is 2.45. The third-order valence-electron chi connectivity index (χ3n) is 7.40. The third kappa shape index (κ3) is 8.96. The minimum atomic E-state index is 1.12. The van der Waals surface area contributed by atoms with Gasteiger partial charge in [-0.2, -0.15) is 0 Å². The number of fused-ring (bicyclic) bond motifs is 1. The molecule has 0 aliphatic heterocycles. The predicted molar refractivity (Wildman–Crippen MR) is 113 cm³/mol. The van der Waals surface area contributed by atoms with Crippen LogP contribution in [0.25, 0.3) is 0 Å². The summed E-state index contributed by atoms with van der Waals surface area (Å²) in [5.41, 5.74) is 0. The summed E-state index contributed by atoms with van der Waals surface area (Å²) in [6.07, 6.45) is 31.8. The fourth-order valence-corrected chi connectivity index (χ4v) is 5.85. The van der Waals surface area contributed by atoms with Crippen molar-refractivity contribution in [3.05, 3.63) is 0 Å². The van der Waals surface area contributed by atoms with Gasteiger partial charge in [-0.15, -0.1) is 0 Å². The fourth-order valence-electron chi connectivity index (χ4n) is 5.85. The zero-order valence-corrected chi connectivity index (χ0v) is 17.6. The van der Waals surface area contributed by atoms with E-state index in [4.69, 9.17) is 0 Å². The first kappa shape index (κ1) is 21.3. The second-order valence-corrected chi connectivity index (χ2v) is 9.43. The second-order valence-electron chi connectivity index (χ2n) is 9.43. The first-order chi connectivity index (χ1) is 12.4. The molecule has 2 aliphatic carbocycles. The molecule has 2 saturated carbocycles. The molecule has 148 valence electrons. The number of unbranched alkanes of at least 4 members (excludes halogenated alkanes) is 12. The van der Waals surface area contributed by atoms with Crippen molar-refractivity contribution in [1.29, 1.82) is 0 Å². The molecule has 0 unspecified atom stereocenters. The van der Waals surface area contributed by atoms with E-state index in [-0.39, 0.29) is 0 Å². The summed E-state index contributed by atoms with van der Waals surface area (Å²) in [6.45, 7) is 2.31. The molecule has 2 rings (SSSR count). The Balaban J connectivity index is 1.36. The van der Waals surface area contributed by atoms with Gasteiger partial charge in [0.15, 0.2) is 0 Å². The van der Waals surface area contributed by atoms with Gasteiger partial charge in [-0.3, -0.25) is 0 Å². The van der Waals surface area contributed by atoms with E-state index < -0.39 is 0 Å². The van der Waals surface area contributed by atoms with Crippen molar-refractivity contribution in [2.45, 2.75) is 142 Å². The van der Waals surface area contributed by atoms with Crippen LogP contribution in [0.2, 0.25) is 0 Å². The number of rotatable bonds is 14. The van der Waals surface area contributed by atoms with Crippen LogP contribution >= 0.6 is 0 Å². The first-order valence-electron chi connectivity index (χ1n) is 12.4. The zero-order valence-electron chi connectivity index (χ0n) is 17.6. The van der Waals surface area contributed by atoms with Gasteiger partial charge < -0.3 is 0 Å². The van der Waals surface area contributed by atoms with E-state index >= 15 is 0 Å². The predicted octanol–water partition coefficient (Wildman–Crippen LogP) is 9.07. The molecule has 0 heteroatoms. The van der Waals surface area contributed by atoms with Gasteiger partial charge in [0.1, 0.15) is 0 Å². The number of hydrogen-bond acceptors (Lipinski definition) is 0. The monoisotopic (exact) mass is 348 g/mol. The Morgan fingerprint density at radius 1 is 0.520 bits per heavy atom. The summed E-state index contributed by atoms with van der Waals surface area (Å²) < 4.78 is 0. The van der Waals surface area contributed by atoms with Gasteiger partial charge in [0.25, 0.3) is 0 Å². The van der Waals surface area contributed by atoms with Gasteiger partial charge in [-0.1, -0.05) is 135 Å². The van der Waals surface area contributed by atoms with Crippen LogP contribution in [0.4, 0.5) is 0 Å². The van der Waals surface area contributed by atoms with E-state index in [1.165, 1.54) is 96.3 Å². The lowest BCUT2D eigenvalue weighted by molar-refractivity contribution is 0.0961. The fraction of sp³-hybridized carbons (Fsp3) is 1.00. The smallest absolute Gasteiger partial charge is 0.0357 e. The maximum absolute atomic E-state index is 2.31. The van der Waals surface area contributed by atoms with Gasteiger partial charge in [0, 0.05) is 0 Å². The van der Waals surface area contributed by atoms with Crippen molar-refractivity contribution >= 4 is 0 Å². The Bertz CT molecular complexity index is 292. The highest BCUT2D eigenvalue weighted by molar-refractivity contribution is 4.85. The molecule has 2 aliphatic rings. The molecule has 0 N–H and O–H groups in total. The molecule has 0 nitrogen and oxygen atoms in total. The third-order valence-corrected chi connectivity index (χ3v) is 7.40. The lowest BCUT2D eigenvalue weighted by atomic mass is 9.64. The molecule has 0 aromatic heterocycles. The Labute approximate surface area is 159 Å². The van der Waals surface area contributed by atoms with E-state index in [1.54, 1.807) is 38.5 Å². The molecular formula is C25H48. The zero-order chi connectivity index (χ0) is 17.6. The Morgan fingerprint density at radius 3 is 1.68 bits per heavy atom. The molecule has 0 aromatic carbocycles. The van der Waals surface area contributed by atoms with E-state index in [1.807, 2.05) is 0 Å². The molecule has 2 fully saturated rings. The summed E-state index contributed by atoms with van der Waals surface area (Å²) in [4.78, 5) is 0. The molecule has 3 atom stereocenters. The normalized spacial score (nSPS) is 26.5. The van der Waals surface area contributed by atoms with Crippen molar-refractivity contribution in [2.24, 2.45) is 17.8 Å². The van der Waals surface area contributed by atoms with E-state index in [0.29, 0.717) is 0 Å². The first-order valence-corrected chi connectivity index (χ1v) is 12.4. The van der Waals surface area contributed by atoms with Crippen LogP contribution in [0, 0.1) is 17.8 Å². The Kier molecular flexibility index (Phi) is 12.0. The molecule has 0 saturated heterocycles. The molecular weight excluding hydrogens is 300 g/mol. The van der Waals surface area contributed by atoms with Crippen LogP contribution in [0.3, 0.4) is 0 Å². The molecule has 0 radical (unpaired) electrons. The summed E-state index contributed by atoms with van der Waals surface area (Å²) in [5.74, 6) is 3.39. The summed E-state index contributed by atoms with van der Waals surface area (Å²) in [5, 5.41) is 0. The van der Waals surface area contributed by atoms with Crippen LogP contribution in [0.5, 0.6) is 0 Å². The van der Waals surface area contributed by atoms with Crippen LogP contribution in [0.1, 0.15) is 142 Å². The maximum Gasteiger partial charge on any atom is -0.0357 e. The van der Waals surface area contributed by atoms with Gasteiger partial charge in [-0.05, 0) is 24.2 Å². The molecule has 25 heavy (non-hydrogen) atoms. The maximum atomic E-state index is 2.31.